The van der Waals surface area contributed by atoms with Gasteiger partial charge in [0.25, 0.3) is 0 Å². The standard InChI is InChI=1S/C9H7BBrF3N.K/c11-8-5-15(6-10(12,13)14)9-4-2-1-3-7(8)9;/h1-5H,6H2;/q-1;+1. The van der Waals surface area contributed by atoms with E-state index < -0.39 is 13.4 Å². The molecule has 1 aromatic carbocycles. The Morgan fingerprint density at radius 1 is 1.19 bits per heavy atom. The molecule has 0 radical (unpaired) electrons. The van der Waals surface area contributed by atoms with E-state index in [0.717, 1.165) is 5.39 Å². The third-order valence-electron chi connectivity index (χ3n) is 2.14. The van der Waals surface area contributed by atoms with E-state index in [0.29, 0.717) is 9.99 Å². The van der Waals surface area contributed by atoms with Crippen LogP contribution in [0, 0.1) is 0 Å². The maximum Gasteiger partial charge on any atom is 1.00 e. The minimum Gasteiger partial charge on any atom is -0.448 e. The number of para-hydroxylation sites is 1. The van der Waals surface area contributed by atoms with Crippen LogP contribution in [0.5, 0.6) is 0 Å². The fraction of sp³-hybridized carbons (Fsp3) is 0.111. The molecular weight excluding hydrogens is 309 g/mol. The zero-order valence-corrected chi connectivity index (χ0v) is 13.3. The van der Waals surface area contributed by atoms with Gasteiger partial charge in [0.2, 0.25) is 0 Å². The average molecular weight is 316 g/mol. The van der Waals surface area contributed by atoms with E-state index in [1.54, 1.807) is 24.3 Å². The molecule has 1 aromatic heterocycles. The monoisotopic (exact) mass is 315 g/mol. The molecule has 0 aliphatic rings. The first kappa shape index (κ1) is 14.8. The summed E-state index contributed by atoms with van der Waals surface area (Å²) in [5.74, 6) is 0. The molecule has 0 aliphatic carbocycles. The van der Waals surface area contributed by atoms with Gasteiger partial charge in [-0.1, -0.05) is 18.2 Å². The number of rotatable bonds is 2. The van der Waals surface area contributed by atoms with E-state index in [4.69, 9.17) is 0 Å². The molecule has 0 N–H and O–H groups in total. The van der Waals surface area contributed by atoms with Gasteiger partial charge in [-0.2, -0.15) is 0 Å². The molecule has 2 aromatic rings. The van der Waals surface area contributed by atoms with E-state index in [1.165, 1.54) is 10.8 Å². The molecule has 0 amide bonds. The van der Waals surface area contributed by atoms with Crippen LogP contribution in [0.1, 0.15) is 0 Å². The topological polar surface area (TPSA) is 4.93 Å². The summed E-state index contributed by atoms with van der Waals surface area (Å²) in [6.45, 7) is -4.81. The Hall–Kier alpha value is 0.731. The largest absolute Gasteiger partial charge is 1.00 e. The van der Waals surface area contributed by atoms with Crippen LogP contribution in [-0.2, 0) is 6.44 Å². The minimum absolute atomic E-state index is 0. The van der Waals surface area contributed by atoms with Crippen molar-refractivity contribution in [2.45, 2.75) is 6.44 Å². The fourth-order valence-corrected chi connectivity index (χ4v) is 2.16. The van der Waals surface area contributed by atoms with Gasteiger partial charge in [0.05, 0.1) is 0 Å². The molecule has 2 rings (SSSR count). The maximum atomic E-state index is 12.3. The Bertz CT molecular complexity index is 497. The van der Waals surface area contributed by atoms with Gasteiger partial charge in [-0.3, -0.25) is 0 Å². The summed E-state index contributed by atoms with van der Waals surface area (Å²) in [4.78, 5) is 0. The molecule has 0 aliphatic heterocycles. The molecule has 0 saturated carbocycles. The number of halogens is 4. The SMILES string of the molecule is F[B-](F)(F)Cn1cc(Br)c2ccccc21.[K+]. The van der Waals surface area contributed by atoms with Gasteiger partial charge in [-0.25, -0.2) is 0 Å². The van der Waals surface area contributed by atoms with Crippen LogP contribution in [0.4, 0.5) is 12.9 Å². The first-order valence-electron chi connectivity index (χ1n) is 4.42. The predicted octanol–water partition coefficient (Wildman–Crippen LogP) is 0.794. The smallest absolute Gasteiger partial charge is 0.448 e. The number of benzene rings is 1. The van der Waals surface area contributed by atoms with Crippen molar-refractivity contribution in [1.29, 1.82) is 0 Å². The van der Waals surface area contributed by atoms with E-state index in [1.807, 2.05) is 0 Å². The molecule has 0 unspecified atom stereocenters. The Balaban J connectivity index is 0.00000128. The van der Waals surface area contributed by atoms with E-state index >= 15 is 0 Å². The molecule has 0 atom stereocenters. The van der Waals surface area contributed by atoms with Gasteiger partial charge >= 0.3 is 58.4 Å². The second kappa shape index (κ2) is 5.58. The first-order chi connectivity index (χ1) is 6.97. The van der Waals surface area contributed by atoms with Crippen molar-refractivity contribution < 1.29 is 64.3 Å². The quantitative estimate of drug-likeness (QED) is 0.722. The van der Waals surface area contributed by atoms with E-state index in [9.17, 15) is 12.9 Å². The third kappa shape index (κ3) is 3.36. The second-order valence-electron chi connectivity index (χ2n) is 3.36. The Morgan fingerprint density at radius 3 is 2.44 bits per heavy atom. The Kier molecular flexibility index (Phi) is 5.16. The van der Waals surface area contributed by atoms with Crippen LogP contribution in [-0.4, -0.2) is 11.5 Å². The molecule has 80 valence electrons. The zero-order valence-electron chi connectivity index (χ0n) is 8.63. The zero-order chi connectivity index (χ0) is 11.1. The molecule has 7 heteroatoms. The van der Waals surface area contributed by atoms with Crippen molar-refractivity contribution in [3.8, 4) is 0 Å². The summed E-state index contributed by atoms with van der Waals surface area (Å²) in [7, 11) is 0. The van der Waals surface area contributed by atoms with Gasteiger partial charge in [0, 0.05) is 21.6 Å². The van der Waals surface area contributed by atoms with Crippen molar-refractivity contribution in [1.82, 2.24) is 4.57 Å². The first-order valence-corrected chi connectivity index (χ1v) is 5.21. The van der Waals surface area contributed by atoms with Crippen LogP contribution >= 0.6 is 15.9 Å². The number of hydrogen-bond acceptors (Lipinski definition) is 0. The Labute approximate surface area is 142 Å². The normalized spacial score (nSPS) is 11.5. The third-order valence-corrected chi connectivity index (χ3v) is 2.78. The molecule has 16 heavy (non-hydrogen) atoms. The summed E-state index contributed by atoms with van der Waals surface area (Å²) in [6.07, 6.45) is 0.575. The van der Waals surface area contributed by atoms with Crippen LogP contribution in [0.3, 0.4) is 0 Å². The summed E-state index contributed by atoms with van der Waals surface area (Å²) in [5.41, 5.74) is 0.601. The summed E-state index contributed by atoms with van der Waals surface area (Å²) >= 11 is 3.24. The van der Waals surface area contributed by atoms with Crippen LogP contribution < -0.4 is 51.4 Å². The molecule has 0 bridgehead atoms. The van der Waals surface area contributed by atoms with Crippen LogP contribution in [0.25, 0.3) is 10.9 Å². The average Bonchev–Trinajstić information content (AvgIpc) is 2.42. The number of nitrogens with zero attached hydrogens (tertiary/aromatic N) is 1. The molecule has 0 spiro atoms. The van der Waals surface area contributed by atoms with Crippen molar-refractivity contribution in [3.63, 3.8) is 0 Å². The predicted molar refractivity (Wildman–Crippen MR) is 58.7 cm³/mol. The van der Waals surface area contributed by atoms with Gasteiger partial charge in [-0.15, -0.1) is 0 Å². The van der Waals surface area contributed by atoms with Crippen molar-refractivity contribution in [3.05, 3.63) is 34.9 Å². The van der Waals surface area contributed by atoms with Gasteiger partial charge in [0.1, 0.15) is 0 Å². The maximum absolute atomic E-state index is 12.3. The van der Waals surface area contributed by atoms with Gasteiger partial charge in [0.15, 0.2) is 0 Å². The molecular formula is C9H7BBrF3KN. The molecule has 1 nitrogen and oxygen atoms in total. The van der Waals surface area contributed by atoms with Crippen molar-refractivity contribution in [2.24, 2.45) is 0 Å². The molecule has 1 heterocycles. The molecule has 0 fully saturated rings. The van der Waals surface area contributed by atoms with E-state index in [2.05, 4.69) is 15.9 Å². The number of aromatic nitrogens is 1. The van der Waals surface area contributed by atoms with Gasteiger partial charge < -0.3 is 17.5 Å². The summed E-state index contributed by atoms with van der Waals surface area (Å²) in [5, 5.41) is 0.803. The molecule has 0 saturated heterocycles. The Morgan fingerprint density at radius 2 is 1.81 bits per heavy atom. The van der Waals surface area contributed by atoms with E-state index in [-0.39, 0.29) is 51.4 Å². The minimum atomic E-state index is -4.81. The number of hydrogen-bond donors (Lipinski definition) is 0. The summed E-state index contributed by atoms with van der Waals surface area (Å²) in [6, 6.07) is 7.01. The van der Waals surface area contributed by atoms with Crippen molar-refractivity contribution >= 4 is 33.8 Å². The van der Waals surface area contributed by atoms with Crippen LogP contribution in [0.15, 0.2) is 34.9 Å². The number of fused-ring (bicyclic) bond motifs is 1. The van der Waals surface area contributed by atoms with Gasteiger partial charge in [-0.05, 0) is 28.4 Å². The summed E-state index contributed by atoms with van der Waals surface area (Å²) < 4.78 is 38.8. The van der Waals surface area contributed by atoms with Crippen molar-refractivity contribution in [2.75, 3.05) is 0 Å². The second-order valence-corrected chi connectivity index (χ2v) is 4.21. The fourth-order valence-electron chi connectivity index (χ4n) is 1.58. The van der Waals surface area contributed by atoms with Crippen LogP contribution in [0.2, 0.25) is 0 Å².